The Bertz CT molecular complexity index is 1240. The van der Waals surface area contributed by atoms with Crippen LogP contribution in [0.2, 0.25) is 5.02 Å². The number of fused-ring (bicyclic) bond motifs is 2. The van der Waals surface area contributed by atoms with Gasteiger partial charge in [-0.3, -0.25) is 4.79 Å². The van der Waals surface area contributed by atoms with E-state index in [9.17, 15) is 18.0 Å². The number of amides is 1. The second kappa shape index (κ2) is 10.9. The minimum absolute atomic E-state index is 0.0317. The number of aryl methyl sites for hydroxylation is 2. The van der Waals surface area contributed by atoms with E-state index in [1.165, 1.54) is 11.1 Å². The lowest BCUT2D eigenvalue weighted by Crippen LogP contribution is -2.30. The van der Waals surface area contributed by atoms with E-state index in [-0.39, 0.29) is 5.91 Å². The van der Waals surface area contributed by atoms with E-state index in [0.717, 1.165) is 40.8 Å². The average molecular weight is 505 g/mol. The van der Waals surface area contributed by atoms with Crippen molar-refractivity contribution in [1.29, 1.82) is 0 Å². The molecule has 0 aliphatic carbocycles. The Balaban J connectivity index is 0.000000429. The molecule has 0 bridgehead atoms. The minimum Gasteiger partial charge on any atom is -0.475 e. The van der Waals surface area contributed by atoms with Gasteiger partial charge in [-0.05, 0) is 70.5 Å². The topological polar surface area (TPSA) is 83.6 Å². The zero-order chi connectivity index (χ0) is 25.8. The van der Waals surface area contributed by atoms with E-state index in [4.69, 9.17) is 27.2 Å². The minimum atomic E-state index is -5.08. The van der Waals surface area contributed by atoms with Gasteiger partial charge >= 0.3 is 12.1 Å². The summed E-state index contributed by atoms with van der Waals surface area (Å²) in [7, 11) is 0. The van der Waals surface area contributed by atoms with Gasteiger partial charge in [0.2, 0.25) is 5.91 Å². The highest BCUT2D eigenvalue weighted by Crippen LogP contribution is 2.33. The van der Waals surface area contributed by atoms with Gasteiger partial charge in [-0.2, -0.15) is 13.2 Å². The smallest absolute Gasteiger partial charge is 0.475 e. The fourth-order valence-corrected chi connectivity index (χ4v) is 4.18. The Morgan fingerprint density at radius 3 is 2.29 bits per heavy atom. The summed E-state index contributed by atoms with van der Waals surface area (Å²) in [5, 5.41) is 7.83. The SMILES string of the molecule is CC(=O)N1Cc2cc(-c3ccccc3CN)ccc2CCc2cc(Cl)ccc21.O=C(O)C(F)(F)F. The Morgan fingerprint density at radius 1 is 1.00 bits per heavy atom. The van der Waals surface area contributed by atoms with Gasteiger partial charge in [0.1, 0.15) is 0 Å². The zero-order valence-electron chi connectivity index (χ0n) is 18.9. The van der Waals surface area contributed by atoms with Gasteiger partial charge in [0.15, 0.2) is 0 Å². The molecule has 9 heteroatoms. The predicted molar refractivity (Wildman–Crippen MR) is 129 cm³/mol. The van der Waals surface area contributed by atoms with Crippen LogP contribution in [0.25, 0.3) is 11.1 Å². The number of alkyl halides is 3. The van der Waals surface area contributed by atoms with Crippen LogP contribution >= 0.6 is 11.6 Å². The van der Waals surface area contributed by atoms with Crippen LogP contribution in [-0.4, -0.2) is 23.2 Å². The molecule has 0 saturated heterocycles. The van der Waals surface area contributed by atoms with Crippen molar-refractivity contribution in [2.75, 3.05) is 4.90 Å². The summed E-state index contributed by atoms with van der Waals surface area (Å²) in [5.41, 5.74) is 13.9. The van der Waals surface area contributed by atoms with Gasteiger partial charge < -0.3 is 15.7 Å². The number of rotatable bonds is 2. The fourth-order valence-electron chi connectivity index (χ4n) is 3.99. The van der Waals surface area contributed by atoms with Crippen molar-refractivity contribution in [3.8, 4) is 11.1 Å². The summed E-state index contributed by atoms with van der Waals surface area (Å²) in [4.78, 5) is 23.2. The molecule has 5 nitrogen and oxygen atoms in total. The van der Waals surface area contributed by atoms with Crippen LogP contribution in [0.3, 0.4) is 0 Å². The van der Waals surface area contributed by atoms with Crippen molar-refractivity contribution in [3.05, 3.63) is 87.9 Å². The summed E-state index contributed by atoms with van der Waals surface area (Å²) in [5.74, 6) is -2.73. The molecule has 0 radical (unpaired) electrons. The first-order valence-corrected chi connectivity index (χ1v) is 11.2. The first kappa shape index (κ1) is 26.2. The maximum absolute atomic E-state index is 12.5. The third-order valence-corrected chi connectivity index (χ3v) is 5.94. The molecule has 4 rings (SSSR count). The summed E-state index contributed by atoms with van der Waals surface area (Å²) >= 11 is 6.20. The van der Waals surface area contributed by atoms with Crippen molar-refractivity contribution in [2.45, 2.75) is 39.0 Å². The Kier molecular flexibility index (Phi) is 8.19. The van der Waals surface area contributed by atoms with E-state index in [0.29, 0.717) is 18.1 Å². The highest BCUT2D eigenvalue weighted by atomic mass is 35.5. The molecule has 184 valence electrons. The van der Waals surface area contributed by atoms with Crippen LogP contribution in [0.4, 0.5) is 18.9 Å². The maximum atomic E-state index is 12.5. The molecule has 1 aliphatic rings. The largest absolute Gasteiger partial charge is 0.490 e. The number of aliphatic carboxylic acids is 1. The Hall–Kier alpha value is -3.36. The van der Waals surface area contributed by atoms with Crippen molar-refractivity contribution >= 4 is 29.2 Å². The second-order valence-electron chi connectivity index (χ2n) is 8.03. The first-order valence-electron chi connectivity index (χ1n) is 10.8. The van der Waals surface area contributed by atoms with Crippen molar-refractivity contribution in [3.63, 3.8) is 0 Å². The molecular formula is C26H24ClF3N2O3. The van der Waals surface area contributed by atoms with Crippen molar-refractivity contribution in [1.82, 2.24) is 0 Å². The fraction of sp³-hybridized carbons (Fsp3) is 0.231. The molecule has 35 heavy (non-hydrogen) atoms. The van der Waals surface area contributed by atoms with E-state index >= 15 is 0 Å². The van der Waals surface area contributed by atoms with Crippen molar-refractivity contribution < 1.29 is 27.9 Å². The number of carbonyl (C=O) groups excluding carboxylic acids is 1. The normalized spacial score (nSPS) is 12.9. The highest BCUT2D eigenvalue weighted by molar-refractivity contribution is 6.30. The first-order chi connectivity index (χ1) is 16.5. The molecular weight excluding hydrogens is 481 g/mol. The lowest BCUT2D eigenvalue weighted by Gasteiger charge is -2.28. The predicted octanol–water partition coefficient (Wildman–Crippen LogP) is 5.75. The number of carbonyl (C=O) groups is 2. The van der Waals surface area contributed by atoms with Crippen molar-refractivity contribution in [2.24, 2.45) is 5.73 Å². The third-order valence-electron chi connectivity index (χ3n) is 5.70. The van der Waals surface area contributed by atoms with Gasteiger partial charge in [-0.1, -0.05) is 48.0 Å². The number of hydrogen-bond donors (Lipinski definition) is 2. The number of nitrogens with two attached hydrogens (primary N) is 1. The van der Waals surface area contributed by atoms with Crippen LogP contribution < -0.4 is 10.6 Å². The number of hydrogen-bond acceptors (Lipinski definition) is 3. The third kappa shape index (κ3) is 6.41. The molecule has 3 aromatic carbocycles. The molecule has 3 N–H and O–H groups in total. The quantitative estimate of drug-likeness (QED) is 0.465. The molecule has 1 heterocycles. The van der Waals surface area contributed by atoms with Gasteiger partial charge in [0.25, 0.3) is 0 Å². The van der Waals surface area contributed by atoms with Crippen LogP contribution in [0.1, 0.15) is 29.2 Å². The van der Waals surface area contributed by atoms with Gasteiger partial charge in [-0.25, -0.2) is 4.79 Å². The molecule has 1 amide bonds. The van der Waals surface area contributed by atoms with E-state index in [1.807, 2.05) is 35.2 Å². The number of carboxylic acids is 1. The van der Waals surface area contributed by atoms with Gasteiger partial charge in [-0.15, -0.1) is 0 Å². The number of anilines is 1. The summed E-state index contributed by atoms with van der Waals surface area (Å²) in [6.45, 7) is 2.67. The average Bonchev–Trinajstić information content (AvgIpc) is 2.80. The highest BCUT2D eigenvalue weighted by Gasteiger charge is 2.38. The van der Waals surface area contributed by atoms with Crippen LogP contribution in [0.5, 0.6) is 0 Å². The molecule has 0 aromatic heterocycles. The van der Waals surface area contributed by atoms with Gasteiger partial charge in [0, 0.05) is 24.2 Å². The Labute approximate surface area is 205 Å². The van der Waals surface area contributed by atoms with Crippen LogP contribution in [0.15, 0.2) is 60.7 Å². The molecule has 0 atom stereocenters. The summed E-state index contributed by atoms with van der Waals surface area (Å²) in [6, 6.07) is 20.6. The molecule has 0 fully saturated rings. The Morgan fingerprint density at radius 2 is 1.66 bits per heavy atom. The van der Waals surface area contributed by atoms with E-state index in [1.54, 1.807) is 6.92 Å². The van der Waals surface area contributed by atoms with E-state index < -0.39 is 12.1 Å². The van der Waals surface area contributed by atoms with E-state index in [2.05, 4.69) is 30.3 Å². The number of carboxylic acid groups (broad SMARTS) is 1. The number of benzene rings is 3. The molecule has 1 aliphatic heterocycles. The number of nitrogens with zero attached hydrogens (tertiary/aromatic N) is 1. The van der Waals surface area contributed by atoms with Crippen LogP contribution in [0, 0.1) is 0 Å². The second-order valence-corrected chi connectivity index (χ2v) is 8.46. The number of halogens is 4. The van der Waals surface area contributed by atoms with Crippen LogP contribution in [-0.2, 0) is 35.5 Å². The lowest BCUT2D eigenvalue weighted by molar-refractivity contribution is -0.192. The summed E-state index contributed by atoms with van der Waals surface area (Å²) in [6.07, 6.45) is -3.31. The molecule has 0 unspecified atom stereocenters. The summed E-state index contributed by atoms with van der Waals surface area (Å²) < 4.78 is 31.7. The van der Waals surface area contributed by atoms with Gasteiger partial charge in [0.05, 0.1) is 6.54 Å². The lowest BCUT2D eigenvalue weighted by atomic mass is 9.91. The molecule has 0 saturated carbocycles. The maximum Gasteiger partial charge on any atom is 0.490 e. The molecule has 3 aromatic rings. The standard InChI is InChI=1S/C24H23ClN2O.C2HF3O2/c1-16(28)27-15-21-12-18(23-5-3-2-4-20(23)14-26)8-6-17(21)7-9-19-13-22(25)10-11-24(19)27;3-2(4,5)1(6)7/h2-6,8,10-13H,7,9,14-15,26H2,1H3;(H,6,7). The molecule has 0 spiro atoms. The monoisotopic (exact) mass is 504 g/mol. The zero-order valence-corrected chi connectivity index (χ0v) is 19.7.